The van der Waals surface area contributed by atoms with Crippen molar-refractivity contribution < 1.29 is 4.74 Å². The molecule has 1 saturated carbocycles. The molecule has 0 amide bonds. The molecule has 2 heteroatoms. The van der Waals surface area contributed by atoms with Crippen LogP contribution in [0.3, 0.4) is 0 Å². The average Bonchev–Trinajstić information content (AvgIpc) is 2.63. The first kappa shape index (κ1) is 9.69. The standard InChI is InChI=1S/C12H17NO/c13-11-7-4-8-12(11)14-9-10-5-2-1-3-6-10/h1-3,5-6,11-12H,4,7-9,13H2/t11-,12+/m0/s1. The van der Waals surface area contributed by atoms with Gasteiger partial charge in [0, 0.05) is 6.04 Å². The highest BCUT2D eigenvalue weighted by Gasteiger charge is 2.24. The summed E-state index contributed by atoms with van der Waals surface area (Å²) < 4.78 is 5.78. The van der Waals surface area contributed by atoms with Gasteiger partial charge in [0.05, 0.1) is 12.7 Å². The summed E-state index contributed by atoms with van der Waals surface area (Å²) in [6.45, 7) is 0.694. The number of rotatable bonds is 3. The molecule has 76 valence electrons. The van der Waals surface area contributed by atoms with Crippen LogP contribution in [0.4, 0.5) is 0 Å². The zero-order valence-electron chi connectivity index (χ0n) is 8.36. The van der Waals surface area contributed by atoms with Gasteiger partial charge >= 0.3 is 0 Å². The Kier molecular flexibility index (Phi) is 3.17. The maximum Gasteiger partial charge on any atom is 0.0730 e. The molecule has 1 aromatic carbocycles. The minimum absolute atomic E-state index is 0.249. The van der Waals surface area contributed by atoms with Crippen molar-refractivity contribution in [2.45, 2.75) is 38.0 Å². The predicted octanol–water partition coefficient (Wildman–Crippen LogP) is 2.08. The van der Waals surface area contributed by atoms with E-state index in [1.54, 1.807) is 0 Å². The molecule has 0 radical (unpaired) electrons. The summed E-state index contributed by atoms with van der Waals surface area (Å²) in [5.41, 5.74) is 7.15. The van der Waals surface area contributed by atoms with E-state index in [2.05, 4.69) is 12.1 Å². The summed E-state index contributed by atoms with van der Waals surface area (Å²) in [5, 5.41) is 0. The maximum atomic E-state index is 5.92. The highest BCUT2D eigenvalue weighted by atomic mass is 16.5. The normalized spacial score (nSPS) is 26.6. The molecule has 2 rings (SSSR count). The third-order valence-electron chi connectivity index (χ3n) is 2.81. The molecular formula is C12H17NO. The molecule has 0 aliphatic heterocycles. The van der Waals surface area contributed by atoms with Gasteiger partial charge in [0.1, 0.15) is 0 Å². The molecular weight excluding hydrogens is 174 g/mol. The Morgan fingerprint density at radius 2 is 2.00 bits per heavy atom. The van der Waals surface area contributed by atoms with E-state index in [9.17, 15) is 0 Å². The molecule has 2 nitrogen and oxygen atoms in total. The van der Waals surface area contributed by atoms with Crippen molar-refractivity contribution in [3.63, 3.8) is 0 Å². The zero-order valence-corrected chi connectivity index (χ0v) is 8.36. The molecule has 14 heavy (non-hydrogen) atoms. The van der Waals surface area contributed by atoms with Crippen LogP contribution in [0.5, 0.6) is 0 Å². The second kappa shape index (κ2) is 4.58. The van der Waals surface area contributed by atoms with Crippen molar-refractivity contribution >= 4 is 0 Å². The molecule has 1 aromatic rings. The van der Waals surface area contributed by atoms with Crippen molar-refractivity contribution in [2.75, 3.05) is 0 Å². The van der Waals surface area contributed by atoms with Crippen LogP contribution in [0.2, 0.25) is 0 Å². The fraction of sp³-hybridized carbons (Fsp3) is 0.500. The van der Waals surface area contributed by atoms with Crippen LogP contribution in [0.1, 0.15) is 24.8 Å². The van der Waals surface area contributed by atoms with Gasteiger partial charge in [0.15, 0.2) is 0 Å². The Balaban J connectivity index is 1.82. The maximum absolute atomic E-state index is 5.92. The molecule has 0 aromatic heterocycles. The molecule has 0 spiro atoms. The van der Waals surface area contributed by atoms with Gasteiger partial charge in [-0.05, 0) is 24.8 Å². The van der Waals surface area contributed by atoms with Crippen LogP contribution in [0, 0.1) is 0 Å². The molecule has 0 unspecified atom stereocenters. The summed E-state index contributed by atoms with van der Waals surface area (Å²) in [5.74, 6) is 0. The minimum Gasteiger partial charge on any atom is -0.372 e. The van der Waals surface area contributed by atoms with Crippen molar-refractivity contribution in [1.29, 1.82) is 0 Å². The van der Waals surface area contributed by atoms with Crippen LogP contribution in [-0.4, -0.2) is 12.1 Å². The van der Waals surface area contributed by atoms with Gasteiger partial charge in [-0.1, -0.05) is 30.3 Å². The highest BCUT2D eigenvalue weighted by molar-refractivity contribution is 5.13. The lowest BCUT2D eigenvalue weighted by atomic mass is 10.2. The average molecular weight is 191 g/mol. The lowest BCUT2D eigenvalue weighted by Crippen LogP contribution is -2.31. The monoisotopic (exact) mass is 191 g/mol. The van der Waals surface area contributed by atoms with Gasteiger partial charge in [0.2, 0.25) is 0 Å². The lowest BCUT2D eigenvalue weighted by Gasteiger charge is -2.16. The fourth-order valence-corrected chi connectivity index (χ4v) is 1.94. The van der Waals surface area contributed by atoms with E-state index in [-0.39, 0.29) is 12.1 Å². The Bertz CT molecular complexity index is 273. The summed E-state index contributed by atoms with van der Waals surface area (Å²) >= 11 is 0. The van der Waals surface area contributed by atoms with Crippen molar-refractivity contribution in [1.82, 2.24) is 0 Å². The zero-order chi connectivity index (χ0) is 9.80. The van der Waals surface area contributed by atoms with Gasteiger partial charge in [-0.3, -0.25) is 0 Å². The van der Waals surface area contributed by atoms with Crippen LogP contribution in [-0.2, 0) is 11.3 Å². The fourth-order valence-electron chi connectivity index (χ4n) is 1.94. The van der Waals surface area contributed by atoms with Crippen LogP contribution >= 0.6 is 0 Å². The van der Waals surface area contributed by atoms with Gasteiger partial charge in [-0.25, -0.2) is 0 Å². The van der Waals surface area contributed by atoms with E-state index >= 15 is 0 Å². The number of nitrogens with two attached hydrogens (primary N) is 1. The molecule has 1 aliphatic rings. The number of ether oxygens (including phenoxy) is 1. The molecule has 0 saturated heterocycles. The van der Waals surface area contributed by atoms with Crippen LogP contribution in [0.25, 0.3) is 0 Å². The minimum atomic E-state index is 0.249. The summed E-state index contributed by atoms with van der Waals surface area (Å²) in [4.78, 5) is 0. The second-order valence-electron chi connectivity index (χ2n) is 3.93. The molecule has 1 aliphatic carbocycles. The van der Waals surface area contributed by atoms with E-state index in [1.165, 1.54) is 12.0 Å². The number of hydrogen-bond donors (Lipinski definition) is 1. The molecule has 2 N–H and O–H groups in total. The second-order valence-corrected chi connectivity index (χ2v) is 3.93. The summed E-state index contributed by atoms with van der Waals surface area (Å²) in [6.07, 6.45) is 3.71. The molecule has 1 fully saturated rings. The van der Waals surface area contributed by atoms with Gasteiger partial charge in [-0.2, -0.15) is 0 Å². The highest BCUT2D eigenvalue weighted by Crippen LogP contribution is 2.21. The summed E-state index contributed by atoms with van der Waals surface area (Å²) in [7, 11) is 0. The Morgan fingerprint density at radius 3 is 2.64 bits per heavy atom. The van der Waals surface area contributed by atoms with E-state index < -0.39 is 0 Å². The smallest absolute Gasteiger partial charge is 0.0730 e. The SMILES string of the molecule is N[C@H]1CCC[C@H]1OCc1ccccc1. The van der Waals surface area contributed by atoms with Crippen LogP contribution in [0.15, 0.2) is 30.3 Å². The van der Waals surface area contributed by atoms with Gasteiger partial charge in [-0.15, -0.1) is 0 Å². The van der Waals surface area contributed by atoms with E-state index in [4.69, 9.17) is 10.5 Å². The third kappa shape index (κ3) is 2.34. The first-order valence-electron chi connectivity index (χ1n) is 5.27. The van der Waals surface area contributed by atoms with Crippen molar-refractivity contribution in [3.8, 4) is 0 Å². The first-order valence-corrected chi connectivity index (χ1v) is 5.27. The van der Waals surface area contributed by atoms with Crippen molar-refractivity contribution in [2.24, 2.45) is 5.73 Å². The topological polar surface area (TPSA) is 35.2 Å². The first-order chi connectivity index (χ1) is 6.86. The Labute approximate surface area is 85.1 Å². The molecule has 2 atom stereocenters. The lowest BCUT2D eigenvalue weighted by molar-refractivity contribution is 0.0357. The Hall–Kier alpha value is -0.860. The van der Waals surface area contributed by atoms with Gasteiger partial charge < -0.3 is 10.5 Å². The summed E-state index contributed by atoms with van der Waals surface area (Å²) in [6, 6.07) is 10.5. The predicted molar refractivity (Wildman–Crippen MR) is 56.8 cm³/mol. The van der Waals surface area contributed by atoms with E-state index in [0.717, 1.165) is 12.8 Å². The quantitative estimate of drug-likeness (QED) is 0.794. The largest absolute Gasteiger partial charge is 0.372 e. The molecule has 0 heterocycles. The number of benzene rings is 1. The third-order valence-corrected chi connectivity index (χ3v) is 2.81. The number of hydrogen-bond acceptors (Lipinski definition) is 2. The Morgan fingerprint density at radius 1 is 1.21 bits per heavy atom. The van der Waals surface area contributed by atoms with Gasteiger partial charge in [0.25, 0.3) is 0 Å². The van der Waals surface area contributed by atoms with Crippen LogP contribution < -0.4 is 5.73 Å². The molecule has 0 bridgehead atoms. The van der Waals surface area contributed by atoms with Crippen molar-refractivity contribution in [3.05, 3.63) is 35.9 Å². The van der Waals surface area contributed by atoms with E-state index in [1.807, 2.05) is 18.2 Å². The van der Waals surface area contributed by atoms with E-state index in [0.29, 0.717) is 6.61 Å².